The van der Waals surface area contributed by atoms with Gasteiger partial charge in [0, 0.05) is 44.1 Å². The maximum Gasteiger partial charge on any atom is 0.410 e. The van der Waals surface area contributed by atoms with Crippen LogP contribution in [0.3, 0.4) is 0 Å². The van der Waals surface area contributed by atoms with Crippen LogP contribution in [0.5, 0.6) is 0 Å². The molecule has 1 aliphatic rings. The van der Waals surface area contributed by atoms with Crippen molar-refractivity contribution in [2.24, 2.45) is 0 Å². The highest BCUT2D eigenvalue weighted by atomic mass is 16.6. The highest BCUT2D eigenvalue weighted by molar-refractivity contribution is 5.74. The Morgan fingerprint density at radius 3 is 2.68 bits per heavy atom. The molecule has 146 valence electrons. The second kappa shape index (κ2) is 7.10. The van der Waals surface area contributed by atoms with Crippen molar-refractivity contribution in [1.29, 1.82) is 0 Å². The van der Waals surface area contributed by atoms with Gasteiger partial charge in [-0.2, -0.15) is 0 Å². The van der Waals surface area contributed by atoms with E-state index in [1.807, 2.05) is 45.2 Å². The second-order valence-electron chi connectivity index (χ2n) is 7.82. The number of anilines is 1. The fourth-order valence-corrected chi connectivity index (χ4v) is 3.16. The van der Waals surface area contributed by atoms with Crippen molar-refractivity contribution in [3.05, 3.63) is 36.8 Å². The van der Waals surface area contributed by atoms with Crippen LogP contribution < -0.4 is 4.90 Å². The average molecular weight is 380 g/mol. The summed E-state index contributed by atoms with van der Waals surface area (Å²) in [7, 11) is 0. The quantitative estimate of drug-likeness (QED) is 0.735. The maximum absolute atomic E-state index is 12.2. The third-order valence-electron chi connectivity index (χ3n) is 4.56. The number of amides is 1. The van der Waals surface area contributed by atoms with Crippen LogP contribution in [-0.4, -0.2) is 62.7 Å². The SMILES string of the molecule is CC(C)(C)OC(=O)N1CCN(c2cc(-c3cnc4[nH]ccc4n3)ccn2)CC1. The molecule has 0 atom stereocenters. The largest absolute Gasteiger partial charge is 0.444 e. The number of carbonyl (C=O) groups is 1. The third-order valence-corrected chi connectivity index (χ3v) is 4.56. The lowest BCUT2D eigenvalue weighted by atomic mass is 10.2. The maximum atomic E-state index is 12.2. The molecule has 3 aromatic rings. The van der Waals surface area contributed by atoms with E-state index in [2.05, 4.69) is 24.8 Å². The van der Waals surface area contributed by atoms with Crippen LogP contribution in [0.15, 0.2) is 36.8 Å². The Bertz CT molecular complexity index is 986. The number of aromatic nitrogens is 4. The molecule has 1 N–H and O–H groups in total. The number of pyridine rings is 1. The van der Waals surface area contributed by atoms with Crippen molar-refractivity contribution < 1.29 is 9.53 Å². The van der Waals surface area contributed by atoms with Crippen LogP contribution in [0.25, 0.3) is 22.4 Å². The van der Waals surface area contributed by atoms with Crippen LogP contribution in [0.1, 0.15) is 20.8 Å². The minimum absolute atomic E-state index is 0.260. The zero-order valence-corrected chi connectivity index (χ0v) is 16.3. The van der Waals surface area contributed by atoms with E-state index < -0.39 is 5.60 Å². The summed E-state index contributed by atoms with van der Waals surface area (Å²) in [5.41, 5.74) is 2.91. The van der Waals surface area contributed by atoms with Gasteiger partial charge in [-0.3, -0.25) is 0 Å². The Hall–Kier alpha value is -3.16. The molecule has 1 aliphatic heterocycles. The standard InChI is InChI=1S/C20H24N6O2/c1-20(2,3)28-19(27)26-10-8-25(9-11-26)17-12-14(4-6-21-17)16-13-23-18-15(24-16)5-7-22-18/h4-7,12-13H,8-11H2,1-3H3,(H,22,23). The molecule has 3 aromatic heterocycles. The van der Waals surface area contributed by atoms with Gasteiger partial charge in [-0.15, -0.1) is 0 Å². The molecule has 8 heteroatoms. The van der Waals surface area contributed by atoms with Gasteiger partial charge < -0.3 is 19.5 Å². The Kier molecular flexibility index (Phi) is 4.62. The van der Waals surface area contributed by atoms with E-state index in [0.29, 0.717) is 26.2 Å². The molecule has 0 bridgehead atoms. The summed E-state index contributed by atoms with van der Waals surface area (Å²) >= 11 is 0. The topological polar surface area (TPSA) is 87.2 Å². The van der Waals surface area contributed by atoms with Gasteiger partial charge in [0.15, 0.2) is 5.65 Å². The van der Waals surface area contributed by atoms with Crippen LogP contribution in [0.4, 0.5) is 10.6 Å². The number of rotatable bonds is 2. The lowest BCUT2D eigenvalue weighted by Gasteiger charge is -2.36. The van der Waals surface area contributed by atoms with Gasteiger partial charge in [-0.25, -0.2) is 19.7 Å². The molecule has 1 saturated heterocycles. The van der Waals surface area contributed by atoms with E-state index in [9.17, 15) is 4.79 Å². The number of nitrogens with zero attached hydrogens (tertiary/aromatic N) is 5. The monoisotopic (exact) mass is 380 g/mol. The minimum atomic E-state index is -0.480. The van der Waals surface area contributed by atoms with Gasteiger partial charge in [-0.05, 0) is 39.0 Å². The van der Waals surface area contributed by atoms with Crippen molar-refractivity contribution in [3.63, 3.8) is 0 Å². The predicted octanol–water partition coefficient (Wildman–Crippen LogP) is 3.08. The Labute approximate surface area is 163 Å². The smallest absolute Gasteiger partial charge is 0.410 e. The summed E-state index contributed by atoms with van der Waals surface area (Å²) in [6.07, 6.45) is 5.12. The first-order valence-electron chi connectivity index (χ1n) is 9.38. The zero-order chi connectivity index (χ0) is 19.7. The normalized spacial score (nSPS) is 15.1. The first kappa shape index (κ1) is 18.2. The van der Waals surface area contributed by atoms with Crippen molar-refractivity contribution in [2.75, 3.05) is 31.1 Å². The van der Waals surface area contributed by atoms with E-state index in [-0.39, 0.29) is 6.09 Å². The molecule has 28 heavy (non-hydrogen) atoms. The molecule has 8 nitrogen and oxygen atoms in total. The van der Waals surface area contributed by atoms with Crippen molar-refractivity contribution in [3.8, 4) is 11.3 Å². The number of hydrogen-bond acceptors (Lipinski definition) is 6. The number of fused-ring (bicyclic) bond motifs is 1. The van der Waals surface area contributed by atoms with Crippen LogP contribution in [0.2, 0.25) is 0 Å². The molecule has 0 saturated carbocycles. The van der Waals surface area contributed by atoms with Crippen LogP contribution in [0, 0.1) is 0 Å². The van der Waals surface area contributed by atoms with Gasteiger partial charge in [-0.1, -0.05) is 0 Å². The number of carbonyl (C=O) groups excluding carboxylic acids is 1. The first-order chi connectivity index (χ1) is 13.4. The molecule has 4 rings (SSSR count). The highest BCUT2D eigenvalue weighted by Gasteiger charge is 2.26. The molecule has 0 radical (unpaired) electrons. The summed E-state index contributed by atoms with van der Waals surface area (Å²) in [5, 5.41) is 0. The Morgan fingerprint density at radius 1 is 1.14 bits per heavy atom. The number of hydrogen-bond donors (Lipinski definition) is 1. The molecule has 1 amide bonds. The number of ether oxygens (including phenoxy) is 1. The summed E-state index contributed by atoms with van der Waals surface area (Å²) < 4.78 is 5.46. The molecule has 0 unspecified atom stereocenters. The lowest BCUT2D eigenvalue weighted by Crippen LogP contribution is -2.50. The number of nitrogens with one attached hydrogen (secondary N) is 1. The van der Waals surface area contributed by atoms with Gasteiger partial charge >= 0.3 is 6.09 Å². The summed E-state index contributed by atoms with van der Waals surface area (Å²) in [6.45, 7) is 8.27. The predicted molar refractivity (Wildman–Crippen MR) is 107 cm³/mol. The molecule has 0 aromatic carbocycles. The van der Waals surface area contributed by atoms with Crippen LogP contribution >= 0.6 is 0 Å². The van der Waals surface area contributed by atoms with Gasteiger partial charge in [0.25, 0.3) is 0 Å². The van der Waals surface area contributed by atoms with Gasteiger partial charge in [0.1, 0.15) is 16.9 Å². The van der Waals surface area contributed by atoms with E-state index in [0.717, 1.165) is 28.2 Å². The van der Waals surface area contributed by atoms with E-state index in [4.69, 9.17) is 4.74 Å². The molecule has 0 spiro atoms. The molecule has 1 fully saturated rings. The van der Waals surface area contributed by atoms with Crippen molar-refractivity contribution in [2.45, 2.75) is 26.4 Å². The average Bonchev–Trinajstić information content (AvgIpc) is 3.15. The molecule has 4 heterocycles. The van der Waals surface area contributed by atoms with E-state index >= 15 is 0 Å². The molecule has 0 aliphatic carbocycles. The highest BCUT2D eigenvalue weighted by Crippen LogP contribution is 2.23. The number of H-pyrrole nitrogens is 1. The number of piperazine rings is 1. The molecular formula is C20H24N6O2. The summed E-state index contributed by atoms with van der Waals surface area (Å²) in [6, 6.07) is 5.86. The Balaban J connectivity index is 1.46. The second-order valence-corrected chi connectivity index (χ2v) is 7.82. The van der Waals surface area contributed by atoms with Gasteiger partial charge in [0.05, 0.1) is 11.9 Å². The third kappa shape index (κ3) is 3.90. The zero-order valence-electron chi connectivity index (χ0n) is 16.3. The van der Waals surface area contributed by atoms with Gasteiger partial charge in [0.2, 0.25) is 0 Å². The lowest BCUT2D eigenvalue weighted by molar-refractivity contribution is 0.0240. The van der Waals surface area contributed by atoms with Crippen LogP contribution in [-0.2, 0) is 4.74 Å². The molecular weight excluding hydrogens is 356 g/mol. The summed E-state index contributed by atoms with van der Waals surface area (Å²) in [5.74, 6) is 0.873. The number of aromatic amines is 1. The minimum Gasteiger partial charge on any atom is -0.444 e. The fourth-order valence-electron chi connectivity index (χ4n) is 3.16. The fraction of sp³-hybridized carbons (Fsp3) is 0.400. The van der Waals surface area contributed by atoms with E-state index in [1.54, 1.807) is 17.3 Å². The first-order valence-corrected chi connectivity index (χ1v) is 9.38. The van der Waals surface area contributed by atoms with E-state index in [1.165, 1.54) is 0 Å². The summed E-state index contributed by atoms with van der Waals surface area (Å²) in [4.78, 5) is 32.8. The Morgan fingerprint density at radius 2 is 1.93 bits per heavy atom. The van der Waals surface area contributed by atoms with Crippen molar-refractivity contribution >= 4 is 23.1 Å². The van der Waals surface area contributed by atoms with Crippen molar-refractivity contribution in [1.82, 2.24) is 24.8 Å².